The second kappa shape index (κ2) is 7.03. The van der Waals surface area contributed by atoms with Crippen molar-refractivity contribution >= 4 is 45.5 Å². The minimum Gasteiger partial charge on any atom is -0.251 e. The molecule has 4 rings (SSSR count). The standard InChI is InChI=1S/C19H19ClN2S2/c20-15-8-3-2-7-14(15)13-24-18-17(16-9-6-12-23-16)21-19(22-18)10-4-1-5-11-19/h2-3,6-9,12H,1,4-5,10-11,13H2. The van der Waals surface area contributed by atoms with Gasteiger partial charge in [-0.05, 0) is 48.8 Å². The van der Waals surface area contributed by atoms with Crippen LogP contribution < -0.4 is 0 Å². The van der Waals surface area contributed by atoms with Gasteiger partial charge in [-0.1, -0.05) is 54.0 Å². The monoisotopic (exact) mass is 374 g/mol. The number of benzene rings is 1. The Labute approximate surface area is 156 Å². The third kappa shape index (κ3) is 3.32. The predicted molar refractivity (Wildman–Crippen MR) is 107 cm³/mol. The van der Waals surface area contributed by atoms with E-state index in [0.717, 1.165) is 39.9 Å². The number of thioether (sulfide) groups is 1. The van der Waals surface area contributed by atoms with E-state index in [1.54, 1.807) is 23.1 Å². The van der Waals surface area contributed by atoms with Crippen molar-refractivity contribution in [2.24, 2.45) is 9.98 Å². The van der Waals surface area contributed by atoms with Crippen molar-refractivity contribution < 1.29 is 0 Å². The van der Waals surface area contributed by atoms with Crippen LogP contribution in [0.5, 0.6) is 0 Å². The van der Waals surface area contributed by atoms with E-state index in [1.807, 2.05) is 18.2 Å². The average molecular weight is 375 g/mol. The van der Waals surface area contributed by atoms with E-state index >= 15 is 0 Å². The van der Waals surface area contributed by atoms with Gasteiger partial charge in [-0.15, -0.1) is 11.3 Å². The maximum absolute atomic E-state index is 6.31. The van der Waals surface area contributed by atoms with Gasteiger partial charge in [0.2, 0.25) is 0 Å². The Morgan fingerprint density at radius 2 is 1.88 bits per heavy atom. The highest BCUT2D eigenvalue weighted by Crippen LogP contribution is 2.39. The van der Waals surface area contributed by atoms with Gasteiger partial charge in [-0.25, -0.2) is 4.99 Å². The van der Waals surface area contributed by atoms with Gasteiger partial charge in [0.25, 0.3) is 0 Å². The third-order valence-corrected chi connectivity index (χ3v) is 6.82. The molecular formula is C19H19ClN2S2. The Bertz CT molecular complexity index is 774. The lowest BCUT2D eigenvalue weighted by atomic mass is 9.90. The van der Waals surface area contributed by atoms with Gasteiger partial charge in [-0.3, -0.25) is 4.99 Å². The van der Waals surface area contributed by atoms with Gasteiger partial charge < -0.3 is 0 Å². The van der Waals surface area contributed by atoms with Crippen LogP contribution in [-0.4, -0.2) is 16.4 Å². The van der Waals surface area contributed by atoms with E-state index < -0.39 is 0 Å². The zero-order valence-electron chi connectivity index (χ0n) is 13.4. The summed E-state index contributed by atoms with van der Waals surface area (Å²) in [5, 5.41) is 4.02. The molecule has 0 unspecified atom stereocenters. The molecular weight excluding hydrogens is 356 g/mol. The number of nitrogens with zero attached hydrogens (tertiary/aromatic N) is 2. The van der Waals surface area contributed by atoms with Crippen molar-refractivity contribution in [3.05, 3.63) is 57.2 Å². The van der Waals surface area contributed by atoms with E-state index in [4.69, 9.17) is 21.6 Å². The molecule has 2 heterocycles. The molecule has 1 spiro atoms. The normalized spacial score (nSPS) is 19.4. The maximum Gasteiger partial charge on any atom is 0.152 e. The maximum atomic E-state index is 6.31. The highest BCUT2D eigenvalue weighted by Gasteiger charge is 2.37. The Hall–Kier alpha value is -1.10. The van der Waals surface area contributed by atoms with Gasteiger partial charge in [0.15, 0.2) is 5.66 Å². The number of hydrogen-bond donors (Lipinski definition) is 0. The van der Waals surface area contributed by atoms with E-state index in [0.29, 0.717) is 0 Å². The molecule has 1 aromatic carbocycles. The molecule has 24 heavy (non-hydrogen) atoms. The van der Waals surface area contributed by atoms with Crippen LogP contribution >= 0.6 is 34.7 Å². The van der Waals surface area contributed by atoms with Gasteiger partial charge in [0.1, 0.15) is 10.8 Å². The molecule has 5 heteroatoms. The van der Waals surface area contributed by atoms with Crippen molar-refractivity contribution in [2.75, 3.05) is 0 Å². The van der Waals surface area contributed by atoms with Crippen LogP contribution in [0, 0.1) is 0 Å². The first-order chi connectivity index (χ1) is 11.8. The summed E-state index contributed by atoms with van der Waals surface area (Å²) in [5.41, 5.74) is 2.05. The van der Waals surface area contributed by atoms with Crippen molar-refractivity contribution in [3.8, 4) is 0 Å². The lowest BCUT2D eigenvalue weighted by Crippen LogP contribution is -2.25. The van der Waals surface area contributed by atoms with E-state index in [1.165, 1.54) is 24.1 Å². The number of thiophene rings is 1. The SMILES string of the molecule is Clc1ccccc1CSC1=NC2(CCCCC2)N=C1c1cccs1. The molecule has 1 aliphatic carbocycles. The highest BCUT2D eigenvalue weighted by molar-refractivity contribution is 8.15. The molecule has 0 saturated heterocycles. The van der Waals surface area contributed by atoms with E-state index in [9.17, 15) is 0 Å². The summed E-state index contributed by atoms with van der Waals surface area (Å²) >= 11 is 9.82. The minimum atomic E-state index is -0.194. The summed E-state index contributed by atoms with van der Waals surface area (Å²) in [6.07, 6.45) is 5.93. The zero-order valence-corrected chi connectivity index (χ0v) is 15.8. The summed E-state index contributed by atoms with van der Waals surface area (Å²) < 4.78 is 0. The molecule has 2 nitrogen and oxygen atoms in total. The second-order valence-corrected chi connectivity index (χ2v) is 8.60. The van der Waals surface area contributed by atoms with Crippen molar-refractivity contribution in [2.45, 2.75) is 43.5 Å². The lowest BCUT2D eigenvalue weighted by molar-refractivity contribution is 0.317. The first-order valence-corrected chi connectivity index (χ1v) is 10.6. The first kappa shape index (κ1) is 16.4. The van der Waals surface area contributed by atoms with Gasteiger partial charge in [0.05, 0.1) is 4.88 Å². The van der Waals surface area contributed by atoms with Crippen LogP contribution in [0.2, 0.25) is 5.02 Å². The Morgan fingerprint density at radius 3 is 2.62 bits per heavy atom. The van der Waals surface area contributed by atoms with Crippen LogP contribution in [0.3, 0.4) is 0 Å². The molecule has 2 aromatic rings. The summed E-state index contributed by atoms with van der Waals surface area (Å²) in [6.45, 7) is 0. The molecule has 1 aromatic heterocycles. The fourth-order valence-corrected chi connectivity index (χ4v) is 5.43. The number of hydrogen-bond acceptors (Lipinski definition) is 4. The fraction of sp³-hybridized carbons (Fsp3) is 0.368. The topological polar surface area (TPSA) is 24.7 Å². The number of rotatable bonds is 3. The zero-order chi connectivity index (χ0) is 16.4. The van der Waals surface area contributed by atoms with Crippen LogP contribution in [0.4, 0.5) is 0 Å². The average Bonchev–Trinajstić information content (AvgIpc) is 3.23. The third-order valence-electron chi connectivity index (χ3n) is 4.56. The molecule has 2 aliphatic rings. The minimum absolute atomic E-state index is 0.194. The Balaban J connectivity index is 1.60. The van der Waals surface area contributed by atoms with Crippen LogP contribution in [0.1, 0.15) is 42.5 Å². The largest absolute Gasteiger partial charge is 0.251 e. The van der Waals surface area contributed by atoms with Crippen LogP contribution in [-0.2, 0) is 5.75 Å². The molecule has 1 saturated carbocycles. The molecule has 0 atom stereocenters. The van der Waals surface area contributed by atoms with E-state index in [2.05, 4.69) is 23.6 Å². The van der Waals surface area contributed by atoms with E-state index in [-0.39, 0.29) is 5.66 Å². The molecule has 1 fully saturated rings. The molecule has 0 radical (unpaired) electrons. The summed E-state index contributed by atoms with van der Waals surface area (Å²) in [4.78, 5) is 11.4. The highest BCUT2D eigenvalue weighted by atomic mass is 35.5. The second-order valence-electron chi connectivity index (χ2n) is 6.28. The molecule has 124 valence electrons. The lowest BCUT2D eigenvalue weighted by Gasteiger charge is -2.27. The van der Waals surface area contributed by atoms with Gasteiger partial charge >= 0.3 is 0 Å². The molecule has 0 N–H and O–H groups in total. The van der Waals surface area contributed by atoms with Crippen molar-refractivity contribution in [1.29, 1.82) is 0 Å². The summed E-state index contributed by atoms with van der Waals surface area (Å²) in [6, 6.07) is 12.3. The molecule has 0 bridgehead atoms. The first-order valence-electron chi connectivity index (χ1n) is 8.36. The number of aliphatic imine (C=N–C) groups is 2. The molecule has 1 aliphatic heterocycles. The fourth-order valence-electron chi connectivity index (χ4n) is 3.30. The van der Waals surface area contributed by atoms with Gasteiger partial charge in [0, 0.05) is 10.8 Å². The Kier molecular flexibility index (Phi) is 4.79. The molecule has 0 amide bonds. The van der Waals surface area contributed by atoms with Crippen molar-refractivity contribution in [1.82, 2.24) is 0 Å². The van der Waals surface area contributed by atoms with Gasteiger partial charge in [-0.2, -0.15) is 0 Å². The smallest absolute Gasteiger partial charge is 0.152 e. The summed E-state index contributed by atoms with van der Waals surface area (Å²) in [7, 11) is 0. The number of halogens is 1. The summed E-state index contributed by atoms with van der Waals surface area (Å²) in [5.74, 6) is 0.832. The quantitative estimate of drug-likeness (QED) is 0.628. The predicted octanol–water partition coefficient (Wildman–Crippen LogP) is 6.20. The van der Waals surface area contributed by atoms with Crippen molar-refractivity contribution in [3.63, 3.8) is 0 Å². The Morgan fingerprint density at radius 1 is 1.04 bits per heavy atom. The van der Waals surface area contributed by atoms with Crippen LogP contribution in [0.25, 0.3) is 0 Å². The van der Waals surface area contributed by atoms with Crippen LogP contribution in [0.15, 0.2) is 51.8 Å².